The number of carbonyl (C=O) groups excluding carboxylic acids is 1. The molecule has 0 aliphatic rings. The van der Waals surface area contributed by atoms with Gasteiger partial charge in [0.15, 0.2) is 5.69 Å². The summed E-state index contributed by atoms with van der Waals surface area (Å²) in [5.41, 5.74) is 2.30. The van der Waals surface area contributed by atoms with E-state index >= 15 is 0 Å². The zero-order chi connectivity index (χ0) is 18.5. The van der Waals surface area contributed by atoms with E-state index in [-0.39, 0.29) is 5.69 Å². The van der Waals surface area contributed by atoms with Gasteiger partial charge in [-0.05, 0) is 12.1 Å². The molecule has 3 rings (SSSR count). The highest BCUT2D eigenvalue weighted by Gasteiger charge is 2.18. The Morgan fingerprint density at radius 1 is 1.27 bits per heavy atom. The summed E-state index contributed by atoms with van der Waals surface area (Å²) < 4.78 is 11.5. The summed E-state index contributed by atoms with van der Waals surface area (Å²) in [5.74, 6) is 0.109. The van der Waals surface area contributed by atoms with E-state index in [1.54, 1.807) is 54.8 Å². The smallest absolute Gasteiger partial charge is 0.358 e. The van der Waals surface area contributed by atoms with Crippen molar-refractivity contribution in [2.45, 2.75) is 6.54 Å². The van der Waals surface area contributed by atoms with E-state index in [1.165, 1.54) is 7.11 Å². The van der Waals surface area contributed by atoms with Crippen molar-refractivity contribution in [3.05, 3.63) is 59.4 Å². The van der Waals surface area contributed by atoms with Gasteiger partial charge in [0, 0.05) is 24.4 Å². The number of hydrogen-bond acceptors (Lipinski definition) is 7. The maximum Gasteiger partial charge on any atom is 0.358 e. The van der Waals surface area contributed by atoms with E-state index in [1.807, 2.05) is 0 Å². The molecule has 26 heavy (non-hydrogen) atoms. The van der Waals surface area contributed by atoms with Gasteiger partial charge in [-0.15, -0.1) is 0 Å². The van der Waals surface area contributed by atoms with Crippen LogP contribution in [0.25, 0.3) is 5.69 Å². The van der Waals surface area contributed by atoms with Crippen molar-refractivity contribution >= 4 is 23.3 Å². The Hall–Kier alpha value is -3.13. The number of methoxy groups -OCH3 is 2. The maximum absolute atomic E-state index is 12.0. The van der Waals surface area contributed by atoms with Crippen LogP contribution in [0.3, 0.4) is 0 Å². The number of nitrogens with zero attached hydrogens (tertiary/aromatic N) is 4. The zero-order valence-electron chi connectivity index (χ0n) is 14.1. The lowest BCUT2D eigenvalue weighted by Crippen LogP contribution is -2.08. The molecule has 3 aromatic rings. The molecule has 0 fully saturated rings. The first-order valence-electron chi connectivity index (χ1n) is 7.62. The number of anilines is 1. The zero-order valence-corrected chi connectivity index (χ0v) is 14.9. The number of carbonyl (C=O) groups is 1. The molecule has 0 aromatic carbocycles. The van der Waals surface area contributed by atoms with E-state index in [0.717, 1.165) is 5.69 Å². The lowest BCUT2D eigenvalue weighted by Gasteiger charge is -2.07. The van der Waals surface area contributed by atoms with Gasteiger partial charge in [0.1, 0.15) is 10.9 Å². The molecule has 0 spiro atoms. The molecule has 0 aliphatic carbocycles. The largest absolute Gasteiger partial charge is 0.495 e. The summed E-state index contributed by atoms with van der Waals surface area (Å²) in [6.07, 6.45) is 6.57. The van der Waals surface area contributed by atoms with E-state index in [4.69, 9.17) is 21.1 Å². The van der Waals surface area contributed by atoms with Crippen LogP contribution in [0.15, 0.2) is 43.0 Å². The van der Waals surface area contributed by atoms with Gasteiger partial charge in [-0.25, -0.2) is 14.5 Å². The Balaban J connectivity index is 1.86. The minimum absolute atomic E-state index is 0.214. The van der Waals surface area contributed by atoms with E-state index in [0.29, 0.717) is 28.7 Å². The minimum atomic E-state index is -0.522. The monoisotopic (exact) mass is 373 g/mol. The molecule has 0 saturated heterocycles. The standard InChI is InChI=1S/C17H16ClN5O3/c1-25-14-5-12(7-19-9-14)20-6-11-10-23(22-16(11)17(24)26-2)13-3-4-15(18)21-8-13/h3-5,7-10,20H,6H2,1-2H3. The summed E-state index contributed by atoms with van der Waals surface area (Å²) >= 11 is 5.81. The molecular weight excluding hydrogens is 358 g/mol. The average molecular weight is 374 g/mol. The van der Waals surface area contributed by atoms with Gasteiger partial charge in [-0.1, -0.05) is 11.6 Å². The third kappa shape index (κ3) is 3.92. The number of aromatic nitrogens is 4. The quantitative estimate of drug-likeness (QED) is 0.524. The summed E-state index contributed by atoms with van der Waals surface area (Å²) in [6.45, 7) is 0.348. The van der Waals surface area contributed by atoms with Gasteiger partial charge in [0.25, 0.3) is 0 Å². The van der Waals surface area contributed by atoms with Crippen molar-refractivity contribution in [2.75, 3.05) is 19.5 Å². The third-order valence-electron chi connectivity index (χ3n) is 3.58. The second-order valence-corrected chi connectivity index (χ2v) is 5.63. The van der Waals surface area contributed by atoms with Crippen molar-refractivity contribution in [1.82, 2.24) is 19.7 Å². The molecular formula is C17H16ClN5O3. The number of hydrogen-bond donors (Lipinski definition) is 1. The SMILES string of the molecule is COC(=O)c1nn(-c2ccc(Cl)nc2)cc1CNc1cncc(OC)c1. The van der Waals surface area contributed by atoms with Crippen molar-refractivity contribution in [3.8, 4) is 11.4 Å². The molecule has 0 amide bonds. The lowest BCUT2D eigenvalue weighted by atomic mass is 10.2. The Morgan fingerprint density at radius 2 is 2.12 bits per heavy atom. The number of ether oxygens (including phenoxy) is 2. The number of nitrogens with one attached hydrogen (secondary N) is 1. The predicted octanol–water partition coefficient (Wildman–Crippen LogP) is 2.72. The van der Waals surface area contributed by atoms with E-state index in [2.05, 4.69) is 20.4 Å². The number of esters is 1. The van der Waals surface area contributed by atoms with E-state index in [9.17, 15) is 4.79 Å². The van der Waals surface area contributed by atoms with Crippen molar-refractivity contribution < 1.29 is 14.3 Å². The summed E-state index contributed by atoms with van der Waals surface area (Å²) in [4.78, 5) is 20.2. The predicted molar refractivity (Wildman–Crippen MR) is 95.8 cm³/mol. The van der Waals surface area contributed by atoms with Crippen molar-refractivity contribution in [1.29, 1.82) is 0 Å². The van der Waals surface area contributed by atoms with E-state index < -0.39 is 5.97 Å². The fourth-order valence-corrected chi connectivity index (χ4v) is 2.38. The molecule has 0 saturated carbocycles. The summed E-state index contributed by atoms with van der Waals surface area (Å²) in [7, 11) is 2.88. The van der Waals surface area contributed by atoms with Gasteiger partial charge in [0.05, 0.1) is 44.2 Å². The van der Waals surface area contributed by atoms with Crippen LogP contribution in [0, 0.1) is 0 Å². The van der Waals surface area contributed by atoms with Crippen LogP contribution in [-0.4, -0.2) is 39.9 Å². The lowest BCUT2D eigenvalue weighted by molar-refractivity contribution is 0.0592. The molecule has 0 unspecified atom stereocenters. The molecule has 0 atom stereocenters. The molecule has 3 aromatic heterocycles. The normalized spacial score (nSPS) is 10.4. The fraction of sp³-hybridized carbons (Fsp3) is 0.176. The first kappa shape index (κ1) is 17.7. The van der Waals surface area contributed by atoms with Gasteiger partial charge < -0.3 is 14.8 Å². The van der Waals surface area contributed by atoms with Crippen LogP contribution < -0.4 is 10.1 Å². The Morgan fingerprint density at radius 3 is 2.81 bits per heavy atom. The summed E-state index contributed by atoms with van der Waals surface area (Å²) in [5, 5.41) is 7.87. The molecule has 8 nitrogen and oxygen atoms in total. The number of rotatable bonds is 6. The molecule has 9 heteroatoms. The topological polar surface area (TPSA) is 91.2 Å². The maximum atomic E-state index is 12.0. The first-order valence-corrected chi connectivity index (χ1v) is 8.00. The first-order chi connectivity index (χ1) is 12.6. The van der Waals surface area contributed by atoms with Crippen LogP contribution in [-0.2, 0) is 11.3 Å². The third-order valence-corrected chi connectivity index (χ3v) is 3.80. The van der Waals surface area contributed by atoms with Crippen LogP contribution in [0.2, 0.25) is 5.15 Å². The van der Waals surface area contributed by atoms with Crippen LogP contribution in [0.1, 0.15) is 16.1 Å². The van der Waals surface area contributed by atoms with Crippen LogP contribution >= 0.6 is 11.6 Å². The van der Waals surface area contributed by atoms with Crippen molar-refractivity contribution in [2.24, 2.45) is 0 Å². The van der Waals surface area contributed by atoms with Crippen molar-refractivity contribution in [3.63, 3.8) is 0 Å². The second-order valence-electron chi connectivity index (χ2n) is 5.25. The molecule has 0 aliphatic heterocycles. The van der Waals surface area contributed by atoms with Gasteiger partial charge in [0.2, 0.25) is 0 Å². The second kappa shape index (κ2) is 7.83. The summed E-state index contributed by atoms with van der Waals surface area (Å²) in [6, 6.07) is 5.21. The molecule has 0 radical (unpaired) electrons. The van der Waals surface area contributed by atoms with Gasteiger partial charge >= 0.3 is 5.97 Å². The van der Waals surface area contributed by atoms with Gasteiger partial charge in [-0.2, -0.15) is 5.10 Å². The number of halogens is 1. The highest BCUT2D eigenvalue weighted by atomic mass is 35.5. The van der Waals surface area contributed by atoms with Gasteiger partial charge in [-0.3, -0.25) is 4.98 Å². The number of pyridine rings is 2. The minimum Gasteiger partial charge on any atom is -0.495 e. The highest BCUT2D eigenvalue weighted by Crippen LogP contribution is 2.18. The Kier molecular flexibility index (Phi) is 5.33. The molecule has 134 valence electrons. The average Bonchev–Trinajstić information content (AvgIpc) is 3.10. The van der Waals surface area contributed by atoms with Crippen LogP contribution in [0.5, 0.6) is 5.75 Å². The molecule has 0 bridgehead atoms. The molecule has 3 heterocycles. The Labute approximate surface area is 154 Å². The fourth-order valence-electron chi connectivity index (χ4n) is 2.27. The Bertz CT molecular complexity index is 911. The molecule has 1 N–H and O–H groups in total. The van der Waals surface area contributed by atoms with Crippen LogP contribution in [0.4, 0.5) is 5.69 Å². The highest BCUT2D eigenvalue weighted by molar-refractivity contribution is 6.29.